The first kappa shape index (κ1) is 19.0. The number of furan rings is 1. The maximum absolute atomic E-state index is 12.9. The Morgan fingerprint density at radius 3 is 2.66 bits per heavy atom. The lowest BCUT2D eigenvalue weighted by Gasteiger charge is -2.22. The fourth-order valence-corrected chi connectivity index (χ4v) is 4.56. The second-order valence-corrected chi connectivity index (χ2v) is 8.72. The topological polar surface area (TPSA) is 79.6 Å². The quantitative estimate of drug-likeness (QED) is 0.699. The third-order valence-electron chi connectivity index (χ3n) is 4.84. The van der Waals surface area contributed by atoms with Crippen LogP contribution >= 0.6 is 0 Å². The molecule has 0 atom stereocenters. The second kappa shape index (κ2) is 7.60. The maximum Gasteiger partial charge on any atom is 0.251 e. The molecule has 148 valence electrons. The van der Waals surface area contributed by atoms with Crippen LogP contribution in [0.4, 0.5) is 0 Å². The SMILES string of the molecule is CNC(=O)c1cccc(S(=O)(=O)c2ccc(CN3C=Cc4ccoc4C3)cc2)c1. The Morgan fingerprint density at radius 2 is 1.90 bits per heavy atom. The summed E-state index contributed by atoms with van der Waals surface area (Å²) >= 11 is 0. The molecule has 2 aromatic carbocycles. The van der Waals surface area contributed by atoms with Crippen molar-refractivity contribution in [3.8, 4) is 0 Å². The molecule has 3 aromatic rings. The zero-order valence-corrected chi connectivity index (χ0v) is 16.6. The number of carbonyl (C=O) groups is 1. The average Bonchev–Trinajstić information content (AvgIpc) is 3.21. The third kappa shape index (κ3) is 3.82. The van der Waals surface area contributed by atoms with Gasteiger partial charge in [0, 0.05) is 30.9 Å². The number of sulfone groups is 1. The van der Waals surface area contributed by atoms with Gasteiger partial charge in [-0.3, -0.25) is 4.79 Å². The smallest absolute Gasteiger partial charge is 0.251 e. The summed E-state index contributed by atoms with van der Waals surface area (Å²) in [5, 5.41) is 2.50. The molecule has 0 bridgehead atoms. The molecule has 0 fully saturated rings. The van der Waals surface area contributed by atoms with Gasteiger partial charge in [-0.2, -0.15) is 0 Å². The van der Waals surface area contributed by atoms with Crippen molar-refractivity contribution in [2.45, 2.75) is 22.9 Å². The highest BCUT2D eigenvalue weighted by atomic mass is 32.2. The van der Waals surface area contributed by atoms with Crippen LogP contribution in [0.15, 0.2) is 81.3 Å². The molecule has 6 nitrogen and oxygen atoms in total. The highest BCUT2D eigenvalue weighted by Crippen LogP contribution is 2.24. The van der Waals surface area contributed by atoms with Crippen LogP contribution in [0.3, 0.4) is 0 Å². The van der Waals surface area contributed by atoms with Gasteiger partial charge in [0.15, 0.2) is 0 Å². The number of benzene rings is 2. The number of amides is 1. The monoisotopic (exact) mass is 408 g/mol. The average molecular weight is 408 g/mol. The lowest BCUT2D eigenvalue weighted by atomic mass is 10.1. The van der Waals surface area contributed by atoms with Crippen LogP contribution in [0, 0.1) is 0 Å². The predicted octanol–water partition coefficient (Wildman–Crippen LogP) is 3.46. The molecule has 1 amide bonds. The van der Waals surface area contributed by atoms with E-state index in [9.17, 15) is 13.2 Å². The molecule has 2 heterocycles. The maximum atomic E-state index is 12.9. The summed E-state index contributed by atoms with van der Waals surface area (Å²) < 4.78 is 31.4. The van der Waals surface area contributed by atoms with Crippen LogP contribution in [0.2, 0.25) is 0 Å². The predicted molar refractivity (Wildman–Crippen MR) is 109 cm³/mol. The van der Waals surface area contributed by atoms with E-state index >= 15 is 0 Å². The fourth-order valence-electron chi connectivity index (χ4n) is 3.25. The molecule has 29 heavy (non-hydrogen) atoms. The van der Waals surface area contributed by atoms with Crippen LogP contribution in [0.1, 0.15) is 27.2 Å². The molecule has 0 saturated heterocycles. The summed E-state index contributed by atoms with van der Waals surface area (Å²) in [6.07, 6.45) is 5.69. The van der Waals surface area contributed by atoms with Gasteiger partial charge in [-0.25, -0.2) is 8.42 Å². The number of carbonyl (C=O) groups excluding carboxylic acids is 1. The number of rotatable bonds is 5. The highest BCUT2D eigenvalue weighted by molar-refractivity contribution is 7.91. The Bertz CT molecular complexity index is 1180. The molecule has 1 aliphatic rings. The minimum absolute atomic E-state index is 0.0932. The van der Waals surface area contributed by atoms with Crippen molar-refractivity contribution in [1.82, 2.24) is 10.2 Å². The van der Waals surface area contributed by atoms with Crippen molar-refractivity contribution in [2.24, 2.45) is 0 Å². The Morgan fingerprint density at radius 1 is 1.10 bits per heavy atom. The van der Waals surface area contributed by atoms with Crippen molar-refractivity contribution in [3.63, 3.8) is 0 Å². The summed E-state index contributed by atoms with van der Waals surface area (Å²) in [5.74, 6) is 0.592. The lowest BCUT2D eigenvalue weighted by Crippen LogP contribution is -2.18. The Kier molecular flexibility index (Phi) is 4.98. The number of hydrogen-bond donors (Lipinski definition) is 1. The molecule has 1 N–H and O–H groups in total. The van der Waals surface area contributed by atoms with E-state index < -0.39 is 9.84 Å². The summed E-state index contributed by atoms with van der Waals surface area (Å²) in [6, 6.07) is 14.8. The molecular formula is C22H20N2O4S. The van der Waals surface area contributed by atoms with E-state index in [0.717, 1.165) is 16.9 Å². The van der Waals surface area contributed by atoms with Crippen LogP contribution in [0.5, 0.6) is 0 Å². The van der Waals surface area contributed by atoms with Gasteiger partial charge in [0.2, 0.25) is 9.84 Å². The van der Waals surface area contributed by atoms with Crippen LogP contribution in [-0.4, -0.2) is 26.3 Å². The summed E-state index contributed by atoms with van der Waals surface area (Å²) in [6.45, 7) is 1.31. The van der Waals surface area contributed by atoms with Crippen molar-refractivity contribution in [3.05, 3.63) is 89.5 Å². The molecule has 0 spiro atoms. The Hall–Kier alpha value is -3.32. The molecule has 0 radical (unpaired) electrons. The van der Waals surface area contributed by atoms with Crippen molar-refractivity contribution in [1.29, 1.82) is 0 Å². The van der Waals surface area contributed by atoms with E-state index in [4.69, 9.17) is 4.42 Å². The van der Waals surface area contributed by atoms with Crippen LogP contribution in [0.25, 0.3) is 6.08 Å². The normalized spacial score (nSPS) is 13.2. The van der Waals surface area contributed by atoms with E-state index in [1.807, 2.05) is 18.3 Å². The molecule has 1 aliphatic heterocycles. The summed E-state index contributed by atoms with van der Waals surface area (Å²) in [5.41, 5.74) is 2.38. The molecule has 4 rings (SSSR count). The van der Waals surface area contributed by atoms with E-state index in [2.05, 4.69) is 10.2 Å². The second-order valence-electron chi connectivity index (χ2n) is 6.77. The first-order valence-corrected chi connectivity index (χ1v) is 10.6. The van der Waals surface area contributed by atoms with Gasteiger partial charge in [-0.1, -0.05) is 18.2 Å². The molecule has 7 heteroatoms. The lowest BCUT2D eigenvalue weighted by molar-refractivity contribution is 0.0963. The van der Waals surface area contributed by atoms with Gasteiger partial charge in [-0.05, 0) is 48.0 Å². The van der Waals surface area contributed by atoms with Crippen molar-refractivity contribution < 1.29 is 17.6 Å². The highest BCUT2D eigenvalue weighted by Gasteiger charge is 2.19. The Labute approximate surface area is 169 Å². The largest absolute Gasteiger partial charge is 0.467 e. The van der Waals surface area contributed by atoms with Gasteiger partial charge in [0.1, 0.15) is 5.76 Å². The molecular weight excluding hydrogens is 388 g/mol. The molecule has 0 aliphatic carbocycles. The first-order chi connectivity index (χ1) is 14.0. The minimum Gasteiger partial charge on any atom is -0.467 e. The summed E-state index contributed by atoms with van der Waals surface area (Å²) in [4.78, 5) is 14.2. The number of nitrogens with one attached hydrogen (secondary N) is 1. The van der Waals surface area contributed by atoms with E-state index in [1.54, 1.807) is 42.7 Å². The van der Waals surface area contributed by atoms with Crippen molar-refractivity contribution >= 4 is 21.8 Å². The molecule has 0 saturated carbocycles. The van der Waals surface area contributed by atoms with E-state index in [-0.39, 0.29) is 15.7 Å². The zero-order valence-electron chi connectivity index (χ0n) is 15.8. The van der Waals surface area contributed by atoms with E-state index in [0.29, 0.717) is 18.7 Å². The number of nitrogens with zero attached hydrogens (tertiary/aromatic N) is 1. The molecule has 1 aromatic heterocycles. The van der Waals surface area contributed by atoms with Crippen LogP contribution in [-0.2, 0) is 22.9 Å². The Balaban J connectivity index is 1.52. The fraction of sp³-hybridized carbons (Fsp3) is 0.136. The van der Waals surface area contributed by atoms with Gasteiger partial charge in [0.25, 0.3) is 5.91 Å². The van der Waals surface area contributed by atoms with Gasteiger partial charge >= 0.3 is 0 Å². The zero-order chi connectivity index (χ0) is 20.4. The van der Waals surface area contributed by atoms with Gasteiger partial charge in [0.05, 0.1) is 22.6 Å². The summed E-state index contributed by atoms with van der Waals surface area (Å²) in [7, 11) is -2.20. The van der Waals surface area contributed by atoms with E-state index in [1.165, 1.54) is 19.2 Å². The number of hydrogen-bond acceptors (Lipinski definition) is 5. The number of fused-ring (bicyclic) bond motifs is 1. The standard InChI is InChI=1S/C22H20N2O4S/c1-23-22(25)18-3-2-4-20(13-18)29(26,27)19-7-5-16(6-8-19)14-24-11-9-17-10-12-28-21(17)15-24/h2-13H,14-15H2,1H3,(H,23,25). The third-order valence-corrected chi connectivity index (χ3v) is 6.61. The van der Waals surface area contributed by atoms with Crippen LogP contribution < -0.4 is 5.32 Å². The van der Waals surface area contributed by atoms with Gasteiger partial charge in [-0.15, -0.1) is 0 Å². The van der Waals surface area contributed by atoms with Crippen molar-refractivity contribution in [2.75, 3.05) is 7.05 Å². The van der Waals surface area contributed by atoms with Gasteiger partial charge < -0.3 is 14.6 Å². The molecule has 0 unspecified atom stereocenters. The minimum atomic E-state index is -3.71. The first-order valence-electron chi connectivity index (χ1n) is 9.12.